The van der Waals surface area contributed by atoms with E-state index >= 15 is 0 Å². The van der Waals surface area contributed by atoms with Crippen LogP contribution in [0.25, 0.3) is 0 Å². The maximum absolute atomic E-state index is 13.5. The molecule has 96 valence electrons. The normalized spacial score (nSPS) is 10.3. The predicted octanol–water partition coefficient (Wildman–Crippen LogP) is 2.04. The Kier molecular flexibility index (Phi) is 4.06. The smallest absolute Gasteiger partial charge is 0.224 e. The highest BCUT2D eigenvalue weighted by Gasteiger charge is 2.07. The first-order chi connectivity index (χ1) is 8.79. The molecule has 0 amide bonds. The largest absolute Gasteiger partial charge is 0.360 e. The third kappa shape index (κ3) is 3.16. The molecule has 0 aliphatic rings. The van der Waals surface area contributed by atoms with Gasteiger partial charge in [0.05, 0.1) is 18.9 Å². The van der Waals surface area contributed by atoms with Gasteiger partial charge in [0.2, 0.25) is 5.95 Å². The van der Waals surface area contributed by atoms with Crippen LogP contribution < -0.4 is 10.6 Å². The molecule has 0 saturated heterocycles. The SMILES string of the molecule is CCCNc1ncc(F)c(NCc2ccno2)n1. The van der Waals surface area contributed by atoms with Gasteiger partial charge in [-0.3, -0.25) is 0 Å². The molecule has 0 bridgehead atoms. The minimum atomic E-state index is -0.503. The van der Waals surface area contributed by atoms with Crippen molar-refractivity contribution in [1.82, 2.24) is 15.1 Å². The second-order valence-electron chi connectivity index (χ2n) is 3.65. The van der Waals surface area contributed by atoms with E-state index in [1.165, 1.54) is 6.20 Å². The van der Waals surface area contributed by atoms with Crippen molar-refractivity contribution in [2.45, 2.75) is 19.9 Å². The van der Waals surface area contributed by atoms with Crippen molar-refractivity contribution < 1.29 is 8.91 Å². The summed E-state index contributed by atoms with van der Waals surface area (Å²) < 4.78 is 18.4. The Morgan fingerprint density at radius 1 is 1.39 bits per heavy atom. The van der Waals surface area contributed by atoms with E-state index in [-0.39, 0.29) is 5.82 Å². The van der Waals surface area contributed by atoms with E-state index in [4.69, 9.17) is 4.52 Å². The van der Waals surface area contributed by atoms with Crippen LogP contribution in [0.3, 0.4) is 0 Å². The van der Waals surface area contributed by atoms with E-state index in [0.29, 0.717) is 18.3 Å². The van der Waals surface area contributed by atoms with Crippen LogP contribution in [0.2, 0.25) is 0 Å². The van der Waals surface area contributed by atoms with Crippen molar-refractivity contribution in [2.75, 3.05) is 17.2 Å². The van der Waals surface area contributed by atoms with Crippen LogP contribution in [0.1, 0.15) is 19.1 Å². The molecular weight excluding hydrogens is 237 g/mol. The van der Waals surface area contributed by atoms with Crippen LogP contribution >= 0.6 is 0 Å². The van der Waals surface area contributed by atoms with Crippen LogP contribution in [0.4, 0.5) is 16.2 Å². The summed E-state index contributed by atoms with van der Waals surface area (Å²) in [6, 6.07) is 1.70. The Morgan fingerprint density at radius 2 is 2.28 bits per heavy atom. The molecule has 0 atom stereocenters. The van der Waals surface area contributed by atoms with E-state index in [9.17, 15) is 4.39 Å². The second-order valence-corrected chi connectivity index (χ2v) is 3.65. The van der Waals surface area contributed by atoms with Gasteiger partial charge >= 0.3 is 0 Å². The van der Waals surface area contributed by atoms with Gasteiger partial charge in [-0.05, 0) is 6.42 Å². The van der Waals surface area contributed by atoms with Crippen molar-refractivity contribution in [3.63, 3.8) is 0 Å². The highest BCUT2D eigenvalue weighted by Crippen LogP contribution is 2.13. The van der Waals surface area contributed by atoms with E-state index < -0.39 is 5.82 Å². The zero-order chi connectivity index (χ0) is 12.8. The molecular formula is C11H14FN5O. The van der Waals surface area contributed by atoms with Gasteiger partial charge in [0, 0.05) is 12.6 Å². The molecule has 0 unspecified atom stereocenters. The van der Waals surface area contributed by atoms with Crippen LogP contribution in [0.5, 0.6) is 0 Å². The molecule has 6 nitrogen and oxygen atoms in total. The fourth-order valence-corrected chi connectivity index (χ4v) is 1.32. The molecule has 2 N–H and O–H groups in total. The molecule has 0 saturated carbocycles. The van der Waals surface area contributed by atoms with Crippen LogP contribution in [0, 0.1) is 5.82 Å². The van der Waals surface area contributed by atoms with Gasteiger partial charge in [-0.1, -0.05) is 12.1 Å². The summed E-state index contributed by atoms with van der Waals surface area (Å²) in [6.45, 7) is 3.09. The number of rotatable bonds is 6. The molecule has 0 aliphatic heterocycles. The van der Waals surface area contributed by atoms with Gasteiger partial charge < -0.3 is 15.2 Å². The monoisotopic (exact) mass is 251 g/mol. The minimum Gasteiger partial charge on any atom is -0.360 e. The lowest BCUT2D eigenvalue weighted by Gasteiger charge is -2.07. The number of aromatic nitrogens is 3. The quantitative estimate of drug-likeness (QED) is 0.818. The maximum Gasteiger partial charge on any atom is 0.224 e. The number of nitrogens with zero attached hydrogens (tertiary/aromatic N) is 3. The maximum atomic E-state index is 13.5. The van der Waals surface area contributed by atoms with E-state index in [1.54, 1.807) is 6.07 Å². The van der Waals surface area contributed by atoms with Crippen molar-refractivity contribution in [3.05, 3.63) is 30.0 Å². The summed E-state index contributed by atoms with van der Waals surface area (Å²) in [4.78, 5) is 7.89. The Bertz CT molecular complexity index is 488. The summed E-state index contributed by atoms with van der Waals surface area (Å²) in [5, 5.41) is 9.38. The average molecular weight is 251 g/mol. The molecule has 18 heavy (non-hydrogen) atoms. The zero-order valence-electron chi connectivity index (χ0n) is 9.98. The van der Waals surface area contributed by atoms with E-state index in [0.717, 1.165) is 19.2 Å². The molecule has 0 fully saturated rings. The Balaban J connectivity index is 2.01. The molecule has 0 spiro atoms. The van der Waals surface area contributed by atoms with Crippen LogP contribution in [-0.4, -0.2) is 21.7 Å². The summed E-state index contributed by atoms with van der Waals surface area (Å²) in [7, 11) is 0. The van der Waals surface area contributed by atoms with Gasteiger partial charge in [-0.25, -0.2) is 9.37 Å². The predicted molar refractivity (Wildman–Crippen MR) is 64.6 cm³/mol. The Hall–Kier alpha value is -2.18. The third-order valence-electron chi connectivity index (χ3n) is 2.20. The summed E-state index contributed by atoms with van der Waals surface area (Å²) in [5.41, 5.74) is 0. The van der Waals surface area contributed by atoms with E-state index in [2.05, 4.69) is 25.8 Å². The van der Waals surface area contributed by atoms with Gasteiger partial charge in [0.25, 0.3) is 0 Å². The van der Waals surface area contributed by atoms with Crippen LogP contribution in [0.15, 0.2) is 23.0 Å². The van der Waals surface area contributed by atoms with E-state index in [1.807, 2.05) is 6.92 Å². The van der Waals surface area contributed by atoms with Crippen molar-refractivity contribution in [1.29, 1.82) is 0 Å². The first kappa shape index (κ1) is 12.3. The van der Waals surface area contributed by atoms with Crippen LogP contribution in [-0.2, 0) is 6.54 Å². The van der Waals surface area contributed by atoms with Gasteiger partial charge in [0.15, 0.2) is 17.4 Å². The van der Waals surface area contributed by atoms with Crippen molar-refractivity contribution in [2.24, 2.45) is 0 Å². The molecule has 2 aromatic rings. The minimum absolute atomic E-state index is 0.139. The fraction of sp³-hybridized carbons (Fsp3) is 0.364. The van der Waals surface area contributed by atoms with Gasteiger partial charge in [-0.2, -0.15) is 4.98 Å². The standard InChI is InChI=1S/C11H14FN5O/c1-2-4-13-11-15-7-9(12)10(17-11)14-6-8-3-5-16-18-8/h3,5,7H,2,4,6H2,1H3,(H2,13,14,15,17). The molecule has 2 rings (SSSR count). The third-order valence-corrected chi connectivity index (χ3v) is 2.20. The number of nitrogens with one attached hydrogen (secondary N) is 2. The lowest BCUT2D eigenvalue weighted by molar-refractivity contribution is 0.387. The average Bonchev–Trinajstić information content (AvgIpc) is 2.89. The number of anilines is 2. The Labute approximate surface area is 104 Å². The highest BCUT2D eigenvalue weighted by atomic mass is 19.1. The number of hydrogen-bond donors (Lipinski definition) is 2. The molecule has 0 radical (unpaired) electrons. The highest BCUT2D eigenvalue weighted by molar-refractivity contribution is 5.41. The zero-order valence-corrected chi connectivity index (χ0v) is 9.98. The second kappa shape index (κ2) is 5.95. The summed E-state index contributed by atoms with van der Waals surface area (Å²) in [6.07, 6.45) is 3.61. The molecule has 0 aromatic carbocycles. The van der Waals surface area contributed by atoms with Crippen molar-refractivity contribution in [3.8, 4) is 0 Å². The first-order valence-corrected chi connectivity index (χ1v) is 5.69. The first-order valence-electron chi connectivity index (χ1n) is 5.69. The van der Waals surface area contributed by atoms with Gasteiger partial charge in [-0.15, -0.1) is 0 Å². The lowest BCUT2D eigenvalue weighted by Crippen LogP contribution is -2.09. The molecule has 2 heterocycles. The number of halogens is 1. The summed E-state index contributed by atoms with van der Waals surface area (Å²) in [5.74, 6) is 0.644. The molecule has 2 aromatic heterocycles. The molecule has 7 heteroatoms. The summed E-state index contributed by atoms with van der Waals surface area (Å²) >= 11 is 0. The van der Waals surface area contributed by atoms with Crippen molar-refractivity contribution >= 4 is 11.8 Å². The Morgan fingerprint density at radius 3 is 3.00 bits per heavy atom. The van der Waals surface area contributed by atoms with Gasteiger partial charge in [0.1, 0.15) is 0 Å². The lowest BCUT2D eigenvalue weighted by atomic mass is 10.4. The topological polar surface area (TPSA) is 75.9 Å². The fourth-order valence-electron chi connectivity index (χ4n) is 1.32. The number of hydrogen-bond acceptors (Lipinski definition) is 6. The molecule has 0 aliphatic carbocycles.